The number of hydrogen-bond donors (Lipinski definition) is 2. The number of nitrogens with zero attached hydrogens (tertiary/aromatic N) is 1. The number of amides is 2. The van der Waals surface area contributed by atoms with Crippen molar-refractivity contribution in [2.45, 2.75) is 26.4 Å². The molecule has 3 aromatic rings. The van der Waals surface area contributed by atoms with Crippen molar-refractivity contribution < 1.29 is 28.0 Å². The summed E-state index contributed by atoms with van der Waals surface area (Å²) in [7, 11) is 3.06. The van der Waals surface area contributed by atoms with Crippen molar-refractivity contribution in [3.8, 4) is 22.8 Å². The molecule has 3 rings (SSSR count). The number of rotatable bonds is 9. The fourth-order valence-corrected chi connectivity index (χ4v) is 3.16. The van der Waals surface area contributed by atoms with E-state index >= 15 is 0 Å². The van der Waals surface area contributed by atoms with Gasteiger partial charge in [-0.05, 0) is 35.7 Å². The van der Waals surface area contributed by atoms with E-state index in [1.54, 1.807) is 37.4 Å². The average Bonchev–Trinajstić information content (AvgIpc) is 3.31. The monoisotopic (exact) mass is 455 g/mol. The number of nitrogens with one attached hydrogen (secondary N) is 2. The summed E-state index contributed by atoms with van der Waals surface area (Å²) < 4.78 is 28.9. The minimum Gasteiger partial charge on any atom is -0.497 e. The fourth-order valence-electron chi connectivity index (χ4n) is 3.16. The van der Waals surface area contributed by atoms with Crippen LogP contribution in [0.15, 0.2) is 53.1 Å². The Balaban J connectivity index is 1.69. The zero-order valence-electron chi connectivity index (χ0n) is 18.8. The van der Waals surface area contributed by atoms with Gasteiger partial charge in [0.15, 0.2) is 11.5 Å². The molecule has 2 N–H and O–H groups in total. The van der Waals surface area contributed by atoms with Gasteiger partial charge < -0.3 is 24.6 Å². The van der Waals surface area contributed by atoms with E-state index in [2.05, 4.69) is 15.8 Å². The summed E-state index contributed by atoms with van der Waals surface area (Å²) in [6, 6.07) is 11.7. The van der Waals surface area contributed by atoms with Crippen molar-refractivity contribution in [3.63, 3.8) is 0 Å². The van der Waals surface area contributed by atoms with E-state index in [-0.39, 0.29) is 29.9 Å². The van der Waals surface area contributed by atoms with E-state index in [0.717, 1.165) is 5.56 Å². The third-order valence-electron chi connectivity index (χ3n) is 5.03. The molecule has 0 fully saturated rings. The first kappa shape index (κ1) is 23.8. The van der Waals surface area contributed by atoms with Gasteiger partial charge in [0, 0.05) is 18.7 Å². The molecule has 9 heteroatoms. The Labute approximate surface area is 191 Å². The number of ether oxygens (including phenoxy) is 2. The molecule has 8 nitrogen and oxygen atoms in total. The highest BCUT2D eigenvalue weighted by molar-refractivity contribution is 5.96. The molecule has 0 saturated carbocycles. The molecule has 174 valence electrons. The van der Waals surface area contributed by atoms with Crippen LogP contribution >= 0.6 is 0 Å². The number of aromatic nitrogens is 1. The van der Waals surface area contributed by atoms with Gasteiger partial charge >= 0.3 is 0 Å². The van der Waals surface area contributed by atoms with E-state index in [1.807, 2.05) is 13.8 Å². The molecule has 0 spiro atoms. The summed E-state index contributed by atoms with van der Waals surface area (Å²) in [5.74, 6) is 0.00175. The number of benzene rings is 2. The maximum absolute atomic E-state index is 13.0. The molecule has 0 bridgehead atoms. The fraction of sp³-hybridized carbons (Fsp3) is 0.292. The predicted octanol–water partition coefficient (Wildman–Crippen LogP) is 3.57. The summed E-state index contributed by atoms with van der Waals surface area (Å²) in [5, 5.41) is 9.31. The normalized spacial score (nSPS) is 11.7. The Morgan fingerprint density at radius 2 is 1.79 bits per heavy atom. The van der Waals surface area contributed by atoms with E-state index in [4.69, 9.17) is 14.0 Å². The second-order valence-electron chi connectivity index (χ2n) is 7.68. The summed E-state index contributed by atoms with van der Waals surface area (Å²) in [6.45, 7) is 3.85. The van der Waals surface area contributed by atoms with Crippen LogP contribution in [0.4, 0.5) is 4.39 Å². The quantitative estimate of drug-likeness (QED) is 0.511. The smallest absolute Gasteiger partial charge is 0.274 e. The first-order valence-electron chi connectivity index (χ1n) is 10.3. The highest BCUT2D eigenvalue weighted by Gasteiger charge is 2.26. The van der Waals surface area contributed by atoms with Gasteiger partial charge in [0.05, 0.1) is 19.8 Å². The molecule has 0 aliphatic rings. The zero-order valence-corrected chi connectivity index (χ0v) is 18.8. The number of methoxy groups -OCH3 is 2. The van der Waals surface area contributed by atoms with E-state index < -0.39 is 11.9 Å². The summed E-state index contributed by atoms with van der Waals surface area (Å²) in [4.78, 5) is 25.5. The van der Waals surface area contributed by atoms with Crippen molar-refractivity contribution >= 4 is 11.8 Å². The molecular weight excluding hydrogens is 429 g/mol. The van der Waals surface area contributed by atoms with Crippen molar-refractivity contribution in [3.05, 3.63) is 65.6 Å². The first-order valence-corrected chi connectivity index (χ1v) is 10.3. The molecule has 0 aliphatic carbocycles. The SMILES string of the molecule is COc1ccc(-c2cc(C(=O)N[C@H](C(=O)NCc3ccc(F)cc3)C(C)C)no2)c(OC)c1. The molecule has 1 heterocycles. The molecule has 0 aliphatic heterocycles. The second-order valence-corrected chi connectivity index (χ2v) is 7.68. The average molecular weight is 455 g/mol. The molecule has 0 radical (unpaired) electrons. The maximum Gasteiger partial charge on any atom is 0.274 e. The van der Waals surface area contributed by atoms with Crippen LogP contribution in [0.3, 0.4) is 0 Å². The van der Waals surface area contributed by atoms with Crippen LogP contribution in [0.5, 0.6) is 11.5 Å². The lowest BCUT2D eigenvalue weighted by molar-refractivity contribution is -0.124. The van der Waals surface area contributed by atoms with Gasteiger partial charge in [-0.3, -0.25) is 9.59 Å². The minimum absolute atomic E-state index is 0.0276. The van der Waals surface area contributed by atoms with Gasteiger partial charge in [0.2, 0.25) is 5.91 Å². The van der Waals surface area contributed by atoms with E-state index in [1.165, 1.54) is 25.3 Å². The minimum atomic E-state index is -0.798. The highest BCUT2D eigenvalue weighted by Crippen LogP contribution is 2.33. The lowest BCUT2D eigenvalue weighted by Gasteiger charge is -2.21. The van der Waals surface area contributed by atoms with Gasteiger partial charge in [-0.15, -0.1) is 0 Å². The van der Waals surface area contributed by atoms with Crippen molar-refractivity contribution in [2.75, 3.05) is 14.2 Å². The van der Waals surface area contributed by atoms with E-state index in [0.29, 0.717) is 22.8 Å². The van der Waals surface area contributed by atoms with Gasteiger partial charge in [0.1, 0.15) is 23.4 Å². The van der Waals surface area contributed by atoms with Crippen LogP contribution in [-0.2, 0) is 11.3 Å². The Kier molecular flexibility index (Phi) is 7.66. The van der Waals surface area contributed by atoms with Crippen LogP contribution in [0.2, 0.25) is 0 Å². The lowest BCUT2D eigenvalue weighted by atomic mass is 10.0. The summed E-state index contributed by atoms with van der Waals surface area (Å²) >= 11 is 0. The van der Waals surface area contributed by atoms with Crippen LogP contribution in [-0.4, -0.2) is 37.2 Å². The zero-order chi connectivity index (χ0) is 24.0. The van der Waals surface area contributed by atoms with Crippen molar-refractivity contribution in [1.82, 2.24) is 15.8 Å². The van der Waals surface area contributed by atoms with Gasteiger partial charge in [-0.2, -0.15) is 0 Å². The molecule has 0 saturated heterocycles. The maximum atomic E-state index is 13.0. The third-order valence-corrected chi connectivity index (χ3v) is 5.03. The Bertz CT molecular complexity index is 1110. The molecule has 0 unspecified atom stereocenters. The van der Waals surface area contributed by atoms with Crippen LogP contribution in [0.1, 0.15) is 29.9 Å². The lowest BCUT2D eigenvalue weighted by Crippen LogP contribution is -2.49. The number of carbonyl (C=O) groups is 2. The molecule has 1 atom stereocenters. The standard InChI is InChI=1S/C24H26FN3O5/c1-14(2)22(24(30)26-13-15-5-7-16(25)8-6-15)27-23(29)19-12-21(33-28-19)18-10-9-17(31-3)11-20(18)32-4/h5-12,14,22H,13H2,1-4H3,(H,26,30)(H,27,29)/t22-/m0/s1. The molecule has 2 aromatic carbocycles. The molecular formula is C24H26FN3O5. The Morgan fingerprint density at radius 1 is 1.06 bits per heavy atom. The molecule has 1 aromatic heterocycles. The van der Waals surface area contributed by atoms with Crippen molar-refractivity contribution in [1.29, 1.82) is 0 Å². The Hall–Kier alpha value is -3.88. The van der Waals surface area contributed by atoms with Gasteiger partial charge in [0.25, 0.3) is 5.91 Å². The largest absolute Gasteiger partial charge is 0.497 e. The highest BCUT2D eigenvalue weighted by atomic mass is 19.1. The first-order chi connectivity index (χ1) is 15.8. The summed E-state index contributed by atoms with van der Waals surface area (Å²) in [6.07, 6.45) is 0. The molecule has 33 heavy (non-hydrogen) atoms. The number of carbonyl (C=O) groups excluding carboxylic acids is 2. The Morgan fingerprint density at radius 3 is 2.42 bits per heavy atom. The van der Waals surface area contributed by atoms with Gasteiger partial charge in [-0.25, -0.2) is 4.39 Å². The van der Waals surface area contributed by atoms with E-state index in [9.17, 15) is 14.0 Å². The number of halogens is 1. The molecule has 2 amide bonds. The summed E-state index contributed by atoms with van der Waals surface area (Å²) in [5.41, 5.74) is 1.37. The predicted molar refractivity (Wildman–Crippen MR) is 119 cm³/mol. The number of hydrogen-bond acceptors (Lipinski definition) is 6. The van der Waals surface area contributed by atoms with Crippen LogP contribution in [0, 0.1) is 11.7 Å². The van der Waals surface area contributed by atoms with Crippen LogP contribution < -0.4 is 20.1 Å². The second kappa shape index (κ2) is 10.6. The van der Waals surface area contributed by atoms with Crippen molar-refractivity contribution in [2.24, 2.45) is 5.92 Å². The van der Waals surface area contributed by atoms with Crippen LogP contribution in [0.25, 0.3) is 11.3 Å². The topological polar surface area (TPSA) is 103 Å². The van der Waals surface area contributed by atoms with Gasteiger partial charge in [-0.1, -0.05) is 31.1 Å². The third kappa shape index (κ3) is 5.88.